The molecule has 0 saturated carbocycles. The van der Waals surface area contributed by atoms with Gasteiger partial charge < -0.3 is 33.9 Å². The van der Waals surface area contributed by atoms with Crippen LogP contribution in [-0.4, -0.2) is 59.9 Å². The number of aliphatic hydroxyl groups excluding tert-OH is 2. The molecule has 0 aliphatic carbocycles. The van der Waals surface area contributed by atoms with Crippen molar-refractivity contribution in [3.8, 4) is 5.75 Å². The van der Waals surface area contributed by atoms with Gasteiger partial charge in [-0.15, -0.1) is 0 Å². The van der Waals surface area contributed by atoms with Gasteiger partial charge in [0.1, 0.15) is 30.2 Å². The molecular weight excluding hydrogens is 340 g/mol. The summed E-state index contributed by atoms with van der Waals surface area (Å²) in [6, 6.07) is 7.68. The molecule has 1 aromatic rings. The van der Waals surface area contributed by atoms with Crippen molar-refractivity contribution >= 4 is 0 Å². The highest BCUT2D eigenvalue weighted by Crippen LogP contribution is 2.39. The van der Waals surface area contributed by atoms with Crippen molar-refractivity contribution in [2.45, 2.75) is 70.3 Å². The van der Waals surface area contributed by atoms with Gasteiger partial charge >= 0.3 is 0 Å². The third-order valence-corrected chi connectivity index (χ3v) is 4.43. The largest absolute Gasteiger partial charge is 0.494 e. The third kappa shape index (κ3) is 4.36. The first-order chi connectivity index (χ1) is 12.4. The van der Waals surface area contributed by atoms with E-state index in [1.54, 1.807) is 13.8 Å². The molecule has 0 unspecified atom stereocenters. The summed E-state index contributed by atoms with van der Waals surface area (Å²) in [6.07, 6.45) is -2.43. The maximum Gasteiger partial charge on any atom is 0.190 e. The molecule has 26 heavy (non-hydrogen) atoms. The van der Waals surface area contributed by atoms with Gasteiger partial charge in [-0.1, -0.05) is 19.1 Å². The van der Waals surface area contributed by atoms with E-state index in [1.807, 2.05) is 24.3 Å². The second-order valence-corrected chi connectivity index (χ2v) is 7.09. The summed E-state index contributed by atoms with van der Waals surface area (Å²) in [5, 5.41) is 19.3. The lowest BCUT2D eigenvalue weighted by Gasteiger charge is -2.28. The highest BCUT2D eigenvalue weighted by Gasteiger charge is 2.56. The molecular formula is C19H28O7. The minimum atomic E-state index is -1.06. The van der Waals surface area contributed by atoms with E-state index in [2.05, 4.69) is 6.92 Å². The molecule has 146 valence electrons. The molecule has 0 radical (unpaired) electrons. The first kappa shape index (κ1) is 19.5. The SMILES string of the molecule is CCCOc1ccc(CO[C@@H]2[C@H]([C@H](O)CO)O[C@H]3OC(C)(C)O[C@@H]32)cc1. The van der Waals surface area contributed by atoms with Crippen LogP contribution < -0.4 is 4.74 Å². The van der Waals surface area contributed by atoms with E-state index in [4.69, 9.17) is 23.7 Å². The van der Waals surface area contributed by atoms with Crippen molar-refractivity contribution in [1.82, 2.24) is 0 Å². The predicted octanol–water partition coefficient (Wildman–Crippen LogP) is 1.59. The molecule has 0 spiro atoms. The van der Waals surface area contributed by atoms with Gasteiger partial charge in [-0.25, -0.2) is 0 Å². The first-order valence-corrected chi connectivity index (χ1v) is 9.07. The van der Waals surface area contributed by atoms with Gasteiger partial charge in [-0.2, -0.15) is 0 Å². The van der Waals surface area contributed by atoms with E-state index in [-0.39, 0.29) is 0 Å². The fraction of sp³-hybridized carbons (Fsp3) is 0.684. The van der Waals surface area contributed by atoms with Crippen LogP contribution in [0, 0.1) is 0 Å². The van der Waals surface area contributed by atoms with Crippen LogP contribution in [0.1, 0.15) is 32.8 Å². The third-order valence-electron chi connectivity index (χ3n) is 4.43. The Kier molecular flexibility index (Phi) is 6.17. The predicted molar refractivity (Wildman–Crippen MR) is 92.6 cm³/mol. The molecule has 3 rings (SSSR count). The van der Waals surface area contributed by atoms with Gasteiger partial charge in [0.05, 0.1) is 19.8 Å². The highest BCUT2D eigenvalue weighted by atomic mass is 16.8. The molecule has 0 aromatic heterocycles. The summed E-state index contributed by atoms with van der Waals surface area (Å²) in [5.74, 6) is 0.0485. The van der Waals surface area contributed by atoms with Crippen LogP contribution in [0.5, 0.6) is 5.75 Å². The molecule has 7 nitrogen and oxygen atoms in total. The van der Waals surface area contributed by atoms with Crippen molar-refractivity contribution in [3.63, 3.8) is 0 Å². The van der Waals surface area contributed by atoms with Gasteiger partial charge in [0.15, 0.2) is 12.1 Å². The number of fused-ring (bicyclic) bond motifs is 1. The summed E-state index contributed by atoms with van der Waals surface area (Å²) < 4.78 is 28.9. The Bertz CT molecular complexity index is 574. The van der Waals surface area contributed by atoms with Gasteiger partial charge in [-0.05, 0) is 38.0 Å². The normalized spacial score (nSPS) is 31.0. The Morgan fingerprint density at radius 3 is 2.58 bits per heavy atom. The van der Waals surface area contributed by atoms with E-state index in [0.717, 1.165) is 17.7 Å². The number of hydrogen-bond acceptors (Lipinski definition) is 7. The molecule has 0 amide bonds. The van der Waals surface area contributed by atoms with Crippen molar-refractivity contribution < 1.29 is 33.9 Å². The smallest absolute Gasteiger partial charge is 0.190 e. The Balaban J connectivity index is 1.63. The van der Waals surface area contributed by atoms with Crippen LogP contribution in [-0.2, 0) is 25.6 Å². The topological polar surface area (TPSA) is 86.6 Å². The van der Waals surface area contributed by atoms with Crippen molar-refractivity contribution in [2.75, 3.05) is 13.2 Å². The maximum atomic E-state index is 10.0. The van der Waals surface area contributed by atoms with Crippen LogP contribution in [0.2, 0.25) is 0 Å². The average molecular weight is 368 g/mol. The average Bonchev–Trinajstić information content (AvgIpc) is 3.10. The van der Waals surface area contributed by atoms with Gasteiger partial charge in [0, 0.05) is 0 Å². The van der Waals surface area contributed by atoms with Crippen molar-refractivity contribution in [2.24, 2.45) is 0 Å². The Hall–Kier alpha value is -1.22. The number of rotatable bonds is 8. The number of aliphatic hydroxyl groups is 2. The molecule has 5 atom stereocenters. The molecule has 2 N–H and O–H groups in total. The lowest BCUT2D eigenvalue weighted by Crippen LogP contribution is -2.44. The quantitative estimate of drug-likeness (QED) is 0.720. The standard InChI is InChI=1S/C19H28O7/c1-4-9-22-13-7-5-12(6-8-13)11-23-16-15(14(21)10-20)24-18-17(16)25-19(2,3)26-18/h5-8,14-18,20-21H,4,9-11H2,1-3H3/t14-,15+,16-,17-,18+/m1/s1. The summed E-state index contributed by atoms with van der Waals surface area (Å²) in [4.78, 5) is 0. The van der Waals surface area contributed by atoms with Gasteiger partial charge in [0.25, 0.3) is 0 Å². The zero-order chi connectivity index (χ0) is 18.7. The zero-order valence-electron chi connectivity index (χ0n) is 15.5. The van der Waals surface area contributed by atoms with E-state index in [0.29, 0.717) is 13.2 Å². The lowest BCUT2D eigenvalue weighted by atomic mass is 10.1. The van der Waals surface area contributed by atoms with E-state index >= 15 is 0 Å². The van der Waals surface area contributed by atoms with E-state index in [9.17, 15) is 10.2 Å². The molecule has 7 heteroatoms. The maximum absolute atomic E-state index is 10.0. The fourth-order valence-corrected chi connectivity index (χ4v) is 3.20. The molecule has 2 saturated heterocycles. The minimum Gasteiger partial charge on any atom is -0.494 e. The lowest BCUT2D eigenvalue weighted by molar-refractivity contribution is -0.232. The molecule has 2 aliphatic rings. The monoisotopic (exact) mass is 368 g/mol. The minimum absolute atomic E-state index is 0.323. The van der Waals surface area contributed by atoms with E-state index in [1.165, 1.54) is 0 Å². The molecule has 2 aliphatic heterocycles. The van der Waals surface area contributed by atoms with Gasteiger partial charge in [-0.3, -0.25) is 0 Å². The Morgan fingerprint density at radius 1 is 1.19 bits per heavy atom. The zero-order valence-corrected chi connectivity index (χ0v) is 15.5. The number of ether oxygens (including phenoxy) is 5. The molecule has 2 fully saturated rings. The number of hydrogen-bond donors (Lipinski definition) is 2. The second-order valence-electron chi connectivity index (χ2n) is 7.09. The second kappa shape index (κ2) is 8.21. The van der Waals surface area contributed by atoms with Crippen molar-refractivity contribution in [3.05, 3.63) is 29.8 Å². The molecule has 1 aromatic carbocycles. The summed E-state index contributed by atoms with van der Waals surface area (Å²) in [5.41, 5.74) is 0.965. The molecule has 2 heterocycles. The molecule has 0 bridgehead atoms. The summed E-state index contributed by atoms with van der Waals surface area (Å²) in [7, 11) is 0. The summed E-state index contributed by atoms with van der Waals surface area (Å²) >= 11 is 0. The Morgan fingerprint density at radius 2 is 1.92 bits per heavy atom. The van der Waals surface area contributed by atoms with Gasteiger partial charge in [0.2, 0.25) is 0 Å². The first-order valence-electron chi connectivity index (χ1n) is 9.07. The van der Waals surface area contributed by atoms with Crippen molar-refractivity contribution in [1.29, 1.82) is 0 Å². The van der Waals surface area contributed by atoms with Crippen LogP contribution in [0.4, 0.5) is 0 Å². The van der Waals surface area contributed by atoms with Crippen LogP contribution in [0.25, 0.3) is 0 Å². The summed E-state index contributed by atoms with van der Waals surface area (Å²) in [6.45, 7) is 6.26. The highest BCUT2D eigenvalue weighted by molar-refractivity contribution is 5.26. The Labute approximate surface area is 153 Å². The fourth-order valence-electron chi connectivity index (χ4n) is 3.20. The number of benzene rings is 1. The van der Waals surface area contributed by atoms with Crippen LogP contribution in [0.3, 0.4) is 0 Å². The van der Waals surface area contributed by atoms with Crippen LogP contribution >= 0.6 is 0 Å². The van der Waals surface area contributed by atoms with E-state index < -0.39 is 43.1 Å². The van der Waals surface area contributed by atoms with Crippen LogP contribution in [0.15, 0.2) is 24.3 Å².